The molecule has 0 amide bonds. The lowest BCUT2D eigenvalue weighted by Gasteiger charge is -2.18. The fraction of sp³-hybridized carbons (Fsp3) is 0.312. The van der Waals surface area contributed by atoms with Crippen molar-refractivity contribution in [1.29, 1.82) is 0 Å². The van der Waals surface area contributed by atoms with Crippen molar-refractivity contribution in [3.05, 3.63) is 50.2 Å². The average Bonchev–Trinajstić information content (AvgIpc) is 2.72. The van der Waals surface area contributed by atoms with Crippen LogP contribution in [0.1, 0.15) is 40.2 Å². The first kappa shape index (κ1) is 13.9. The van der Waals surface area contributed by atoms with Gasteiger partial charge in [-0.3, -0.25) is 4.79 Å². The largest absolute Gasteiger partial charge is 0.316 e. The Morgan fingerprint density at radius 1 is 1.20 bits per heavy atom. The van der Waals surface area contributed by atoms with Crippen LogP contribution >= 0.6 is 27.5 Å². The van der Waals surface area contributed by atoms with Gasteiger partial charge in [-0.1, -0.05) is 11.6 Å². The average molecular weight is 353 g/mol. The smallest absolute Gasteiger partial charge is 0.164 e. The van der Waals surface area contributed by atoms with Gasteiger partial charge in [0.1, 0.15) is 0 Å². The fourth-order valence-corrected chi connectivity index (χ4v) is 3.66. The van der Waals surface area contributed by atoms with Gasteiger partial charge in [0.15, 0.2) is 5.78 Å². The standard InChI is InChI=1S/C16H15BrClNO/c1-9-6-12(17)15(8-13(9)18)19-10(2)7-11-14(19)4-3-5-16(11)20/h6-8H,3-5H2,1-2H3. The van der Waals surface area contributed by atoms with E-state index in [4.69, 9.17) is 11.6 Å². The number of benzene rings is 1. The molecule has 0 aliphatic heterocycles. The van der Waals surface area contributed by atoms with Gasteiger partial charge in [0.2, 0.25) is 0 Å². The minimum Gasteiger partial charge on any atom is -0.316 e. The summed E-state index contributed by atoms with van der Waals surface area (Å²) in [6.07, 6.45) is 2.52. The number of halogens is 2. The zero-order valence-corrected chi connectivity index (χ0v) is 13.8. The van der Waals surface area contributed by atoms with Gasteiger partial charge in [-0.2, -0.15) is 0 Å². The molecule has 1 aromatic heterocycles. The van der Waals surface area contributed by atoms with E-state index in [9.17, 15) is 4.79 Å². The number of Topliss-reactive ketones (excluding diaryl/α,β-unsaturated/α-hetero) is 1. The maximum absolute atomic E-state index is 12.0. The van der Waals surface area contributed by atoms with E-state index < -0.39 is 0 Å². The molecule has 4 heteroatoms. The number of hydrogen-bond acceptors (Lipinski definition) is 1. The van der Waals surface area contributed by atoms with Crippen LogP contribution in [-0.4, -0.2) is 10.4 Å². The topological polar surface area (TPSA) is 22.0 Å². The SMILES string of the molecule is Cc1cc(Br)c(-n2c(C)cc3c2CCCC3=O)cc1Cl. The summed E-state index contributed by atoms with van der Waals surface area (Å²) in [5, 5.41) is 0.743. The summed E-state index contributed by atoms with van der Waals surface area (Å²) in [4.78, 5) is 12.0. The highest BCUT2D eigenvalue weighted by molar-refractivity contribution is 9.10. The monoisotopic (exact) mass is 351 g/mol. The van der Waals surface area contributed by atoms with Crippen molar-refractivity contribution in [2.75, 3.05) is 0 Å². The van der Waals surface area contributed by atoms with Gasteiger partial charge in [-0.05, 0) is 66.4 Å². The summed E-state index contributed by atoms with van der Waals surface area (Å²) in [6.45, 7) is 4.02. The van der Waals surface area contributed by atoms with Gasteiger partial charge in [-0.15, -0.1) is 0 Å². The van der Waals surface area contributed by atoms with Crippen LogP contribution in [0.2, 0.25) is 5.02 Å². The summed E-state index contributed by atoms with van der Waals surface area (Å²) in [6, 6.07) is 5.98. The molecule has 0 atom stereocenters. The molecule has 104 valence electrons. The van der Waals surface area contributed by atoms with Gasteiger partial charge in [-0.25, -0.2) is 0 Å². The number of carbonyl (C=O) groups excluding carboxylic acids is 1. The Morgan fingerprint density at radius 3 is 2.70 bits per heavy atom. The van der Waals surface area contributed by atoms with Gasteiger partial charge < -0.3 is 4.57 Å². The van der Waals surface area contributed by atoms with Gasteiger partial charge in [0, 0.05) is 32.9 Å². The van der Waals surface area contributed by atoms with E-state index in [0.29, 0.717) is 6.42 Å². The highest BCUT2D eigenvalue weighted by Gasteiger charge is 2.24. The van der Waals surface area contributed by atoms with E-state index >= 15 is 0 Å². The molecule has 1 aliphatic rings. The molecule has 3 rings (SSSR count). The first-order valence-corrected chi connectivity index (χ1v) is 7.86. The van der Waals surface area contributed by atoms with Crippen molar-refractivity contribution in [3.63, 3.8) is 0 Å². The van der Waals surface area contributed by atoms with E-state index in [2.05, 4.69) is 20.5 Å². The lowest BCUT2D eigenvalue weighted by Crippen LogP contribution is -2.13. The Bertz CT molecular complexity index is 718. The van der Waals surface area contributed by atoms with E-state index in [0.717, 1.165) is 50.5 Å². The Kier molecular flexibility index (Phi) is 3.51. The number of aryl methyl sites for hydroxylation is 2. The summed E-state index contributed by atoms with van der Waals surface area (Å²) in [5.74, 6) is 0.252. The highest BCUT2D eigenvalue weighted by Crippen LogP contribution is 2.33. The van der Waals surface area contributed by atoms with E-state index in [1.54, 1.807) is 0 Å². The van der Waals surface area contributed by atoms with Gasteiger partial charge >= 0.3 is 0 Å². The molecular formula is C16H15BrClNO. The van der Waals surface area contributed by atoms with Crippen molar-refractivity contribution in [2.45, 2.75) is 33.1 Å². The van der Waals surface area contributed by atoms with Crippen LogP contribution in [-0.2, 0) is 6.42 Å². The van der Waals surface area contributed by atoms with Crippen LogP contribution in [0.3, 0.4) is 0 Å². The van der Waals surface area contributed by atoms with Crippen LogP contribution in [0.4, 0.5) is 0 Å². The van der Waals surface area contributed by atoms with Crippen molar-refractivity contribution >= 4 is 33.3 Å². The number of fused-ring (bicyclic) bond motifs is 1. The van der Waals surface area contributed by atoms with E-state index in [1.165, 1.54) is 0 Å². The first-order valence-electron chi connectivity index (χ1n) is 6.69. The third-order valence-electron chi connectivity index (χ3n) is 3.87. The molecule has 0 spiro atoms. The Labute approximate surface area is 131 Å². The molecule has 0 unspecified atom stereocenters. The number of rotatable bonds is 1. The van der Waals surface area contributed by atoms with Crippen molar-refractivity contribution in [3.8, 4) is 5.69 Å². The van der Waals surface area contributed by atoms with Crippen molar-refractivity contribution < 1.29 is 4.79 Å². The molecule has 0 saturated heterocycles. The van der Waals surface area contributed by atoms with E-state index in [-0.39, 0.29) is 5.78 Å². The molecule has 2 aromatic rings. The molecule has 1 aliphatic carbocycles. The predicted molar refractivity (Wildman–Crippen MR) is 85.2 cm³/mol. The molecule has 0 bridgehead atoms. The Morgan fingerprint density at radius 2 is 1.95 bits per heavy atom. The third-order valence-corrected chi connectivity index (χ3v) is 4.92. The van der Waals surface area contributed by atoms with Crippen LogP contribution in [0.15, 0.2) is 22.7 Å². The van der Waals surface area contributed by atoms with Gasteiger partial charge in [0.25, 0.3) is 0 Å². The summed E-state index contributed by atoms with van der Waals surface area (Å²) >= 11 is 9.88. The number of carbonyl (C=O) groups is 1. The quantitative estimate of drug-likeness (QED) is 0.705. The zero-order chi connectivity index (χ0) is 14.4. The molecule has 0 saturated carbocycles. The normalized spacial score (nSPS) is 14.5. The number of ketones is 1. The van der Waals surface area contributed by atoms with Crippen LogP contribution in [0.5, 0.6) is 0 Å². The molecule has 20 heavy (non-hydrogen) atoms. The lowest BCUT2D eigenvalue weighted by molar-refractivity contribution is 0.0972. The maximum Gasteiger partial charge on any atom is 0.164 e. The number of aromatic nitrogens is 1. The van der Waals surface area contributed by atoms with Crippen LogP contribution < -0.4 is 0 Å². The van der Waals surface area contributed by atoms with Crippen LogP contribution in [0, 0.1) is 13.8 Å². The summed E-state index contributed by atoms with van der Waals surface area (Å²) in [7, 11) is 0. The Balaban J connectivity index is 2.26. The second-order valence-corrected chi connectivity index (χ2v) is 6.57. The van der Waals surface area contributed by atoms with Gasteiger partial charge in [0.05, 0.1) is 5.69 Å². The van der Waals surface area contributed by atoms with Crippen molar-refractivity contribution in [1.82, 2.24) is 4.57 Å². The molecule has 1 heterocycles. The maximum atomic E-state index is 12.0. The molecular weight excluding hydrogens is 338 g/mol. The number of hydrogen-bond donors (Lipinski definition) is 0. The summed E-state index contributed by atoms with van der Waals surface area (Å²) in [5.41, 5.74) is 5.11. The highest BCUT2D eigenvalue weighted by atomic mass is 79.9. The third kappa shape index (κ3) is 2.13. The van der Waals surface area contributed by atoms with E-state index in [1.807, 2.05) is 32.0 Å². The molecule has 0 N–H and O–H groups in total. The minimum absolute atomic E-state index is 0.252. The molecule has 2 nitrogen and oxygen atoms in total. The lowest BCUT2D eigenvalue weighted by atomic mass is 9.96. The second kappa shape index (κ2) is 5.05. The number of nitrogens with zero attached hydrogens (tertiary/aromatic N) is 1. The second-order valence-electron chi connectivity index (χ2n) is 5.31. The molecule has 1 aromatic carbocycles. The minimum atomic E-state index is 0.252. The van der Waals surface area contributed by atoms with Crippen molar-refractivity contribution in [2.24, 2.45) is 0 Å². The fourth-order valence-electron chi connectivity index (χ4n) is 2.87. The molecule has 0 fully saturated rings. The zero-order valence-electron chi connectivity index (χ0n) is 11.5. The molecule has 0 radical (unpaired) electrons. The Hall–Kier alpha value is -1.06. The predicted octanol–water partition coefficient (Wildman–Crippen LogP) is 5.03. The summed E-state index contributed by atoms with van der Waals surface area (Å²) < 4.78 is 3.15. The van der Waals surface area contributed by atoms with Crippen LogP contribution in [0.25, 0.3) is 5.69 Å². The first-order chi connectivity index (χ1) is 9.49.